The van der Waals surface area contributed by atoms with E-state index in [1.807, 2.05) is 0 Å². The maximum Gasteiger partial charge on any atom is 0.261 e. The molecule has 0 aromatic heterocycles. The van der Waals surface area contributed by atoms with Crippen molar-refractivity contribution < 1.29 is 22.4 Å². The number of hydrogen-bond donors (Lipinski definition) is 3. The van der Waals surface area contributed by atoms with E-state index >= 15 is 0 Å². The molecule has 3 aromatic carbocycles. The normalized spacial score (nSPS) is 11.0. The molecular weight excluding hydrogens is 457 g/mol. The van der Waals surface area contributed by atoms with Crippen molar-refractivity contribution in [2.75, 3.05) is 11.8 Å². The molecule has 166 valence electrons. The summed E-state index contributed by atoms with van der Waals surface area (Å²) >= 11 is 6.10. The predicted molar refractivity (Wildman–Crippen MR) is 120 cm³/mol. The Kier molecular flexibility index (Phi) is 7.12. The van der Waals surface area contributed by atoms with Crippen LogP contribution in [-0.4, -0.2) is 27.3 Å². The Labute approximate surface area is 189 Å². The minimum atomic E-state index is -4.04. The fraction of sp³-hybridized carbons (Fsp3) is 0.0909. The first kappa shape index (κ1) is 23.2. The number of carbonyl (C=O) groups excluding carboxylic acids is 2. The van der Waals surface area contributed by atoms with Crippen molar-refractivity contribution in [1.82, 2.24) is 10.6 Å². The molecule has 0 atom stereocenters. The first-order valence-electron chi connectivity index (χ1n) is 9.37. The van der Waals surface area contributed by atoms with Gasteiger partial charge in [-0.15, -0.1) is 0 Å². The molecule has 0 bridgehead atoms. The number of benzene rings is 3. The zero-order valence-corrected chi connectivity index (χ0v) is 18.4. The molecule has 3 N–H and O–H groups in total. The number of hydrogen-bond acceptors (Lipinski definition) is 4. The average Bonchev–Trinajstić information content (AvgIpc) is 2.78. The van der Waals surface area contributed by atoms with E-state index < -0.39 is 21.7 Å². The molecule has 7 nitrogen and oxygen atoms in total. The van der Waals surface area contributed by atoms with Gasteiger partial charge >= 0.3 is 0 Å². The summed E-state index contributed by atoms with van der Waals surface area (Å²) in [6, 6.07) is 15.2. The summed E-state index contributed by atoms with van der Waals surface area (Å²) in [5, 5.41) is 5.33. The molecule has 0 spiro atoms. The monoisotopic (exact) mass is 475 g/mol. The molecule has 0 aliphatic rings. The summed E-state index contributed by atoms with van der Waals surface area (Å²) in [6.07, 6.45) is 0. The Morgan fingerprint density at radius 3 is 2.31 bits per heavy atom. The van der Waals surface area contributed by atoms with E-state index in [1.54, 1.807) is 24.3 Å². The number of halogens is 2. The van der Waals surface area contributed by atoms with Crippen LogP contribution in [0.1, 0.15) is 26.3 Å². The summed E-state index contributed by atoms with van der Waals surface area (Å²) in [7, 11) is -2.51. The quantitative estimate of drug-likeness (QED) is 0.486. The first-order chi connectivity index (χ1) is 15.2. The van der Waals surface area contributed by atoms with E-state index in [9.17, 15) is 22.4 Å². The van der Waals surface area contributed by atoms with Gasteiger partial charge in [0.2, 0.25) is 0 Å². The van der Waals surface area contributed by atoms with Crippen LogP contribution in [0.3, 0.4) is 0 Å². The maximum atomic E-state index is 13.1. The number of anilines is 1. The molecule has 0 saturated heterocycles. The van der Waals surface area contributed by atoms with E-state index in [0.29, 0.717) is 11.1 Å². The molecule has 0 radical (unpaired) electrons. The topological polar surface area (TPSA) is 104 Å². The molecule has 10 heteroatoms. The van der Waals surface area contributed by atoms with Crippen molar-refractivity contribution in [3.63, 3.8) is 0 Å². The average molecular weight is 476 g/mol. The van der Waals surface area contributed by atoms with Crippen LogP contribution < -0.4 is 15.4 Å². The Bertz CT molecular complexity index is 1260. The highest BCUT2D eigenvalue weighted by Gasteiger charge is 2.17. The Morgan fingerprint density at radius 1 is 0.938 bits per heavy atom. The Hall–Kier alpha value is -3.43. The van der Waals surface area contributed by atoms with Crippen molar-refractivity contribution in [3.8, 4) is 0 Å². The van der Waals surface area contributed by atoms with Crippen molar-refractivity contribution in [1.29, 1.82) is 0 Å². The lowest BCUT2D eigenvalue weighted by molar-refractivity contribution is 0.0948. The van der Waals surface area contributed by atoms with Crippen LogP contribution >= 0.6 is 11.6 Å². The number of carbonyl (C=O) groups is 2. The molecule has 0 unspecified atom stereocenters. The van der Waals surface area contributed by atoms with Gasteiger partial charge in [-0.2, -0.15) is 0 Å². The van der Waals surface area contributed by atoms with Crippen molar-refractivity contribution in [2.24, 2.45) is 0 Å². The maximum absolute atomic E-state index is 13.1. The SMILES string of the molecule is CNC(=O)c1cccc(CNC(=O)c2ccc(Cl)c(NS(=O)(=O)c3ccc(F)cc3)c2)c1. The summed E-state index contributed by atoms with van der Waals surface area (Å²) in [4.78, 5) is 24.2. The van der Waals surface area contributed by atoms with Gasteiger partial charge in [-0.25, -0.2) is 12.8 Å². The smallest absolute Gasteiger partial charge is 0.261 e. The lowest BCUT2D eigenvalue weighted by Gasteiger charge is -2.12. The molecule has 0 fully saturated rings. The number of sulfonamides is 1. The molecule has 2 amide bonds. The van der Waals surface area contributed by atoms with Crippen LogP contribution in [-0.2, 0) is 16.6 Å². The zero-order chi connectivity index (χ0) is 23.3. The standard InChI is InChI=1S/C22H19ClFN3O4S/c1-25-21(28)15-4-2-3-14(11-15)13-26-22(29)16-5-10-19(23)20(12-16)27-32(30,31)18-8-6-17(24)7-9-18/h2-12,27H,13H2,1H3,(H,25,28)(H,26,29). The van der Waals surface area contributed by atoms with Crippen molar-refractivity contribution in [2.45, 2.75) is 11.4 Å². The highest BCUT2D eigenvalue weighted by molar-refractivity contribution is 7.92. The summed E-state index contributed by atoms with van der Waals surface area (Å²) in [6.45, 7) is 0.156. The summed E-state index contributed by atoms with van der Waals surface area (Å²) < 4.78 is 40.5. The van der Waals surface area contributed by atoms with Crippen LogP contribution in [0.4, 0.5) is 10.1 Å². The van der Waals surface area contributed by atoms with Gasteiger partial charge in [0.05, 0.1) is 15.6 Å². The molecule has 0 aliphatic carbocycles. The molecule has 3 aromatic rings. The van der Waals surface area contributed by atoms with E-state index in [-0.39, 0.29) is 33.6 Å². The Balaban J connectivity index is 1.74. The van der Waals surface area contributed by atoms with Crippen molar-refractivity contribution >= 4 is 39.1 Å². The van der Waals surface area contributed by atoms with E-state index in [4.69, 9.17) is 11.6 Å². The highest BCUT2D eigenvalue weighted by atomic mass is 35.5. The molecule has 3 rings (SSSR count). The van der Waals surface area contributed by atoms with E-state index in [2.05, 4.69) is 15.4 Å². The largest absolute Gasteiger partial charge is 0.355 e. The van der Waals surface area contributed by atoms with Gasteiger partial charge < -0.3 is 10.6 Å². The van der Waals surface area contributed by atoms with Gasteiger partial charge in [0.15, 0.2) is 0 Å². The molecule has 0 saturated carbocycles. The predicted octanol–water partition coefficient (Wildman–Crippen LogP) is 3.57. The van der Waals surface area contributed by atoms with E-state index in [1.165, 1.54) is 25.2 Å². The van der Waals surface area contributed by atoms with Gasteiger partial charge in [-0.1, -0.05) is 23.7 Å². The Morgan fingerprint density at radius 2 is 1.62 bits per heavy atom. The fourth-order valence-electron chi connectivity index (χ4n) is 2.81. The van der Waals surface area contributed by atoms with Gasteiger partial charge in [0.25, 0.3) is 21.8 Å². The second kappa shape index (κ2) is 9.80. The highest BCUT2D eigenvalue weighted by Crippen LogP contribution is 2.26. The van der Waals surface area contributed by atoms with E-state index in [0.717, 1.165) is 24.3 Å². The third-order valence-electron chi connectivity index (χ3n) is 4.47. The molecule has 0 aliphatic heterocycles. The molecule has 32 heavy (non-hydrogen) atoms. The van der Waals surface area contributed by atoms with Gasteiger partial charge in [0.1, 0.15) is 5.82 Å². The lowest BCUT2D eigenvalue weighted by atomic mass is 10.1. The third kappa shape index (κ3) is 5.63. The fourth-order valence-corrected chi connectivity index (χ4v) is 4.10. The number of amides is 2. The minimum Gasteiger partial charge on any atom is -0.355 e. The molecular formula is C22H19ClFN3O4S. The molecule has 0 heterocycles. The van der Waals surface area contributed by atoms with Gasteiger partial charge in [-0.3, -0.25) is 14.3 Å². The first-order valence-corrected chi connectivity index (χ1v) is 11.2. The third-order valence-corrected chi connectivity index (χ3v) is 6.18. The lowest BCUT2D eigenvalue weighted by Crippen LogP contribution is -2.23. The number of rotatable bonds is 7. The second-order valence-electron chi connectivity index (χ2n) is 6.72. The number of nitrogens with one attached hydrogen (secondary N) is 3. The van der Waals surface area contributed by atoms with Crippen LogP contribution in [0.5, 0.6) is 0 Å². The van der Waals surface area contributed by atoms with Crippen LogP contribution in [0.25, 0.3) is 0 Å². The van der Waals surface area contributed by atoms with Gasteiger partial charge in [0, 0.05) is 24.7 Å². The van der Waals surface area contributed by atoms with Crippen LogP contribution in [0.15, 0.2) is 71.6 Å². The second-order valence-corrected chi connectivity index (χ2v) is 8.81. The van der Waals surface area contributed by atoms with Crippen LogP contribution in [0, 0.1) is 5.82 Å². The zero-order valence-electron chi connectivity index (χ0n) is 16.9. The van der Waals surface area contributed by atoms with Crippen LogP contribution in [0.2, 0.25) is 5.02 Å². The summed E-state index contributed by atoms with van der Waals surface area (Å²) in [5.74, 6) is -1.27. The minimum absolute atomic E-state index is 0.00487. The van der Waals surface area contributed by atoms with Crippen molar-refractivity contribution in [3.05, 3.63) is 94.3 Å². The summed E-state index contributed by atoms with van der Waals surface area (Å²) in [5.41, 5.74) is 1.35. The van der Waals surface area contributed by atoms with Gasteiger partial charge in [-0.05, 0) is 60.2 Å².